The molecule has 0 heterocycles. The first-order valence-corrected chi connectivity index (χ1v) is 7.48. The second-order valence-corrected chi connectivity index (χ2v) is 4.74. The van der Waals surface area contributed by atoms with Crippen molar-refractivity contribution in [3.05, 3.63) is 54.1 Å². The molecule has 0 bridgehead atoms. The number of hydrogen-bond donors (Lipinski definition) is 1. The van der Waals surface area contributed by atoms with Gasteiger partial charge in [-0.2, -0.15) is 0 Å². The van der Waals surface area contributed by atoms with Crippen LogP contribution in [0.4, 0.5) is 5.69 Å². The molecular weight excluding hydrogens is 294 g/mol. The fourth-order valence-corrected chi connectivity index (χ4v) is 1.93. The Bertz CT molecular complexity index is 680. The molecule has 0 aliphatic heterocycles. The summed E-state index contributed by atoms with van der Waals surface area (Å²) in [6.45, 7) is 4.10. The topological polar surface area (TPSA) is 64.6 Å². The zero-order valence-electron chi connectivity index (χ0n) is 13.2. The van der Waals surface area contributed by atoms with Gasteiger partial charge in [-0.1, -0.05) is 19.1 Å². The molecule has 1 N–H and O–H groups in total. The summed E-state index contributed by atoms with van der Waals surface area (Å²) in [5, 5.41) is 2.73. The maximum atomic E-state index is 12.2. The van der Waals surface area contributed by atoms with Crippen LogP contribution in [0.5, 0.6) is 11.5 Å². The number of carbonyl (C=O) groups excluding carboxylic acids is 2. The lowest BCUT2D eigenvalue weighted by molar-refractivity contribution is -0.115. The molecule has 0 fully saturated rings. The third-order valence-corrected chi connectivity index (χ3v) is 3.08. The van der Waals surface area contributed by atoms with Crippen molar-refractivity contribution < 1.29 is 19.1 Å². The maximum absolute atomic E-state index is 12.2. The van der Waals surface area contributed by atoms with Gasteiger partial charge in [0.05, 0.1) is 6.61 Å². The molecule has 0 unspecified atom stereocenters. The van der Waals surface area contributed by atoms with Crippen LogP contribution in [0.2, 0.25) is 0 Å². The van der Waals surface area contributed by atoms with Crippen molar-refractivity contribution in [3.8, 4) is 11.5 Å². The first kappa shape index (κ1) is 16.5. The highest BCUT2D eigenvalue weighted by Gasteiger charge is 2.14. The fraction of sp³-hybridized carbons (Fsp3) is 0.222. The highest BCUT2D eigenvalue weighted by atomic mass is 16.5. The Morgan fingerprint density at radius 2 is 1.70 bits per heavy atom. The highest BCUT2D eigenvalue weighted by Crippen LogP contribution is 2.22. The summed E-state index contributed by atoms with van der Waals surface area (Å²) in [4.78, 5) is 23.6. The van der Waals surface area contributed by atoms with Gasteiger partial charge < -0.3 is 14.8 Å². The van der Waals surface area contributed by atoms with E-state index >= 15 is 0 Å². The Hall–Kier alpha value is -2.82. The van der Waals surface area contributed by atoms with Gasteiger partial charge in [-0.05, 0) is 43.3 Å². The number of amides is 1. The van der Waals surface area contributed by atoms with Crippen LogP contribution in [0.3, 0.4) is 0 Å². The molecule has 0 spiro atoms. The molecule has 1 amide bonds. The Morgan fingerprint density at radius 1 is 1.00 bits per heavy atom. The first-order valence-electron chi connectivity index (χ1n) is 7.48. The predicted octanol–water partition coefficient (Wildman–Crippen LogP) is 3.65. The van der Waals surface area contributed by atoms with Crippen molar-refractivity contribution in [2.45, 2.75) is 20.3 Å². The number of nitrogens with one attached hydrogen (secondary N) is 1. The van der Waals surface area contributed by atoms with Crippen LogP contribution in [0.15, 0.2) is 48.5 Å². The second kappa shape index (κ2) is 7.98. The minimum atomic E-state index is -0.487. The molecule has 5 heteroatoms. The molecule has 23 heavy (non-hydrogen) atoms. The molecule has 0 aliphatic rings. The van der Waals surface area contributed by atoms with Gasteiger partial charge in [0.25, 0.3) is 0 Å². The average molecular weight is 313 g/mol. The van der Waals surface area contributed by atoms with Crippen LogP contribution in [0.25, 0.3) is 0 Å². The van der Waals surface area contributed by atoms with Crippen LogP contribution >= 0.6 is 0 Å². The lowest BCUT2D eigenvalue weighted by Crippen LogP contribution is -2.11. The molecule has 0 atom stereocenters. The van der Waals surface area contributed by atoms with Crippen LogP contribution < -0.4 is 14.8 Å². The van der Waals surface area contributed by atoms with Gasteiger partial charge in [0.15, 0.2) is 0 Å². The maximum Gasteiger partial charge on any atom is 0.347 e. The largest absolute Gasteiger partial charge is 0.493 e. The third kappa shape index (κ3) is 4.57. The quantitative estimate of drug-likeness (QED) is 0.653. The van der Waals surface area contributed by atoms with Gasteiger partial charge in [-0.25, -0.2) is 4.79 Å². The Balaban J connectivity index is 2.07. The molecule has 0 saturated heterocycles. The summed E-state index contributed by atoms with van der Waals surface area (Å²) in [7, 11) is 0. The van der Waals surface area contributed by atoms with Gasteiger partial charge in [0.1, 0.15) is 17.1 Å². The summed E-state index contributed by atoms with van der Waals surface area (Å²) in [5.74, 6) is 0.336. The number of rotatable bonds is 6. The normalized spacial score (nSPS) is 10.0. The first-order chi connectivity index (χ1) is 11.1. The Morgan fingerprint density at radius 3 is 2.35 bits per heavy atom. The molecule has 0 aromatic heterocycles. The minimum Gasteiger partial charge on any atom is -0.493 e. The summed E-state index contributed by atoms with van der Waals surface area (Å²) in [6, 6.07) is 13.6. The fourth-order valence-electron chi connectivity index (χ4n) is 1.93. The van der Waals surface area contributed by atoms with E-state index in [1.807, 2.05) is 6.92 Å². The number of ether oxygens (including phenoxy) is 2. The van der Waals surface area contributed by atoms with Crippen LogP contribution in [0.1, 0.15) is 30.6 Å². The van der Waals surface area contributed by atoms with Crippen molar-refractivity contribution in [1.29, 1.82) is 0 Å². The van der Waals surface area contributed by atoms with Crippen molar-refractivity contribution in [1.82, 2.24) is 0 Å². The van der Waals surface area contributed by atoms with Gasteiger partial charge in [-0.3, -0.25) is 4.79 Å². The molecule has 0 radical (unpaired) electrons. The summed E-state index contributed by atoms with van der Waals surface area (Å²) in [6.07, 6.45) is 0.408. The van der Waals surface area contributed by atoms with Crippen molar-refractivity contribution in [2.75, 3.05) is 11.9 Å². The summed E-state index contributed by atoms with van der Waals surface area (Å²) < 4.78 is 10.8. The molecule has 2 aromatic carbocycles. The van der Waals surface area contributed by atoms with E-state index in [2.05, 4.69) is 5.32 Å². The zero-order valence-corrected chi connectivity index (χ0v) is 13.2. The second-order valence-electron chi connectivity index (χ2n) is 4.74. The number of benzene rings is 2. The molecule has 0 aliphatic carbocycles. The van der Waals surface area contributed by atoms with Crippen molar-refractivity contribution in [2.24, 2.45) is 0 Å². The number of esters is 1. The molecule has 2 aromatic rings. The highest BCUT2D eigenvalue weighted by molar-refractivity contribution is 5.94. The van der Waals surface area contributed by atoms with Crippen LogP contribution in [0, 0.1) is 0 Å². The van der Waals surface area contributed by atoms with E-state index in [9.17, 15) is 9.59 Å². The van der Waals surface area contributed by atoms with E-state index in [0.29, 0.717) is 35.8 Å². The Kier molecular flexibility index (Phi) is 5.74. The van der Waals surface area contributed by atoms with Crippen LogP contribution in [-0.4, -0.2) is 18.5 Å². The van der Waals surface area contributed by atoms with Gasteiger partial charge in [-0.15, -0.1) is 0 Å². The third-order valence-electron chi connectivity index (χ3n) is 3.08. The van der Waals surface area contributed by atoms with Gasteiger partial charge >= 0.3 is 5.97 Å². The van der Waals surface area contributed by atoms with E-state index in [4.69, 9.17) is 9.47 Å². The van der Waals surface area contributed by atoms with E-state index in [1.54, 1.807) is 55.5 Å². The number of anilines is 1. The molecule has 5 nitrogen and oxygen atoms in total. The van der Waals surface area contributed by atoms with Crippen LogP contribution in [-0.2, 0) is 4.79 Å². The van der Waals surface area contributed by atoms with Crippen molar-refractivity contribution in [3.63, 3.8) is 0 Å². The molecule has 2 rings (SSSR count). The lowest BCUT2D eigenvalue weighted by atomic mass is 10.2. The smallest absolute Gasteiger partial charge is 0.347 e. The van der Waals surface area contributed by atoms with E-state index in [-0.39, 0.29) is 5.91 Å². The van der Waals surface area contributed by atoms with Gasteiger partial charge in [0.2, 0.25) is 5.91 Å². The van der Waals surface area contributed by atoms with E-state index < -0.39 is 5.97 Å². The monoisotopic (exact) mass is 313 g/mol. The molecule has 0 saturated carbocycles. The molecule has 120 valence electrons. The average Bonchev–Trinajstić information content (AvgIpc) is 2.57. The number of para-hydroxylation sites is 1. The number of carbonyl (C=O) groups is 2. The standard InChI is InChI=1S/C18H19NO4/c1-3-17(20)19-13-9-11-14(12-10-13)23-18(21)15-7-5-6-8-16(15)22-4-2/h5-12H,3-4H2,1-2H3,(H,19,20). The number of hydrogen-bond acceptors (Lipinski definition) is 4. The van der Waals surface area contributed by atoms with Crippen molar-refractivity contribution >= 4 is 17.6 Å². The predicted molar refractivity (Wildman–Crippen MR) is 87.9 cm³/mol. The van der Waals surface area contributed by atoms with E-state index in [0.717, 1.165) is 0 Å². The Labute approximate surface area is 135 Å². The lowest BCUT2D eigenvalue weighted by Gasteiger charge is -2.10. The minimum absolute atomic E-state index is 0.0691. The molecular formula is C18H19NO4. The zero-order chi connectivity index (χ0) is 16.7. The summed E-state index contributed by atoms with van der Waals surface area (Å²) in [5.41, 5.74) is 1.03. The van der Waals surface area contributed by atoms with E-state index in [1.165, 1.54) is 0 Å². The summed E-state index contributed by atoms with van der Waals surface area (Å²) >= 11 is 0. The SMILES string of the molecule is CCOc1ccccc1C(=O)Oc1ccc(NC(=O)CC)cc1. The van der Waals surface area contributed by atoms with Gasteiger partial charge in [0, 0.05) is 12.1 Å².